The van der Waals surface area contributed by atoms with Crippen molar-refractivity contribution < 1.29 is 9.15 Å². The largest absolute Gasteiger partial charge is 0.486 e. The third kappa shape index (κ3) is 2.88. The summed E-state index contributed by atoms with van der Waals surface area (Å²) in [5, 5.41) is 6.15. The summed E-state index contributed by atoms with van der Waals surface area (Å²) in [7, 11) is 0. The van der Waals surface area contributed by atoms with Crippen molar-refractivity contribution in [2.45, 2.75) is 13.5 Å². The van der Waals surface area contributed by atoms with Crippen LogP contribution in [0.1, 0.15) is 11.5 Å². The van der Waals surface area contributed by atoms with Crippen molar-refractivity contribution in [2.75, 3.05) is 0 Å². The second-order valence-electron chi connectivity index (χ2n) is 6.37. The highest BCUT2D eigenvalue weighted by molar-refractivity contribution is 6.33. The molecule has 6 nitrogen and oxygen atoms in total. The van der Waals surface area contributed by atoms with Gasteiger partial charge in [-0.3, -0.25) is 4.98 Å². The van der Waals surface area contributed by atoms with Gasteiger partial charge in [-0.05, 0) is 43.3 Å². The average molecular weight is 391 g/mol. The molecule has 0 atom stereocenters. The van der Waals surface area contributed by atoms with Crippen molar-refractivity contribution in [3.8, 4) is 17.1 Å². The monoisotopic (exact) mass is 390 g/mol. The Labute approximate surface area is 165 Å². The highest BCUT2D eigenvalue weighted by Gasteiger charge is 2.17. The zero-order valence-electron chi connectivity index (χ0n) is 15.0. The van der Waals surface area contributed by atoms with Gasteiger partial charge in [0.15, 0.2) is 11.6 Å². The topological polar surface area (TPSA) is 65.5 Å². The van der Waals surface area contributed by atoms with E-state index >= 15 is 0 Å². The van der Waals surface area contributed by atoms with E-state index in [2.05, 4.69) is 15.1 Å². The third-order valence-corrected chi connectivity index (χ3v) is 4.90. The van der Waals surface area contributed by atoms with Crippen LogP contribution in [-0.4, -0.2) is 19.6 Å². The van der Waals surface area contributed by atoms with Gasteiger partial charge in [-0.1, -0.05) is 29.8 Å². The summed E-state index contributed by atoms with van der Waals surface area (Å²) in [4.78, 5) is 8.77. The molecular formula is C21H15ClN4O2. The fourth-order valence-electron chi connectivity index (χ4n) is 3.07. The molecular weight excluding hydrogens is 376 g/mol. The Hall–Kier alpha value is -3.38. The van der Waals surface area contributed by atoms with Gasteiger partial charge in [-0.25, -0.2) is 0 Å². The van der Waals surface area contributed by atoms with E-state index in [1.54, 1.807) is 10.7 Å². The highest BCUT2D eigenvalue weighted by Crippen LogP contribution is 2.27. The normalized spacial score (nSPS) is 11.4. The van der Waals surface area contributed by atoms with Gasteiger partial charge in [0.1, 0.15) is 12.4 Å². The van der Waals surface area contributed by atoms with E-state index in [1.165, 1.54) is 0 Å². The number of aromatic nitrogens is 4. The van der Waals surface area contributed by atoms with Crippen molar-refractivity contribution in [2.24, 2.45) is 0 Å². The maximum absolute atomic E-state index is 6.24. The molecule has 0 aliphatic carbocycles. The standard InChI is InChI=1S/C21H15ClN4O2/c1-13-19(12-27-15-8-9-18-14(11-15)5-4-10-23-18)28-21-24-20(25-26(13)21)16-6-2-3-7-17(16)22/h2-11H,12H2,1H3. The molecule has 0 aliphatic rings. The fraction of sp³-hybridized carbons (Fsp3) is 0.0952. The number of nitrogens with zero attached hydrogens (tertiary/aromatic N) is 4. The molecule has 0 saturated carbocycles. The van der Waals surface area contributed by atoms with E-state index in [4.69, 9.17) is 20.8 Å². The minimum atomic E-state index is 0.282. The van der Waals surface area contributed by atoms with Gasteiger partial charge in [0, 0.05) is 17.1 Å². The van der Waals surface area contributed by atoms with E-state index < -0.39 is 0 Å². The third-order valence-electron chi connectivity index (χ3n) is 4.57. The lowest BCUT2D eigenvalue weighted by Crippen LogP contribution is -1.98. The van der Waals surface area contributed by atoms with E-state index in [-0.39, 0.29) is 6.61 Å². The molecule has 0 radical (unpaired) electrons. The minimum Gasteiger partial charge on any atom is -0.486 e. The zero-order valence-corrected chi connectivity index (χ0v) is 15.7. The summed E-state index contributed by atoms with van der Waals surface area (Å²) >= 11 is 6.24. The lowest BCUT2D eigenvalue weighted by atomic mass is 10.2. The molecule has 0 saturated heterocycles. The Balaban J connectivity index is 1.41. The molecule has 0 fully saturated rings. The van der Waals surface area contributed by atoms with Crippen LogP contribution in [0.5, 0.6) is 5.75 Å². The first-order chi connectivity index (χ1) is 13.7. The molecule has 3 heterocycles. The number of pyridine rings is 1. The van der Waals surface area contributed by atoms with Crippen molar-refractivity contribution in [3.63, 3.8) is 0 Å². The quantitative estimate of drug-likeness (QED) is 0.428. The molecule has 0 spiro atoms. The van der Waals surface area contributed by atoms with E-state index in [9.17, 15) is 0 Å². The number of aryl methyl sites for hydroxylation is 1. The van der Waals surface area contributed by atoms with Gasteiger partial charge in [0.25, 0.3) is 0 Å². The van der Waals surface area contributed by atoms with Gasteiger partial charge in [-0.2, -0.15) is 9.50 Å². The fourth-order valence-corrected chi connectivity index (χ4v) is 3.29. The number of oxazole rings is 1. The van der Waals surface area contributed by atoms with E-state index in [1.807, 2.05) is 61.5 Å². The van der Waals surface area contributed by atoms with Gasteiger partial charge in [-0.15, -0.1) is 5.10 Å². The second-order valence-corrected chi connectivity index (χ2v) is 6.77. The first-order valence-corrected chi connectivity index (χ1v) is 9.14. The Kier molecular flexibility index (Phi) is 3.98. The molecule has 0 aliphatic heterocycles. The van der Waals surface area contributed by atoms with Crippen LogP contribution in [0.25, 0.3) is 28.1 Å². The summed E-state index contributed by atoms with van der Waals surface area (Å²) in [5.74, 6) is 2.36. The predicted molar refractivity (Wildman–Crippen MR) is 107 cm³/mol. The predicted octanol–water partition coefficient (Wildman–Crippen LogP) is 5.08. The molecule has 2 aromatic carbocycles. The first kappa shape index (κ1) is 16.8. The van der Waals surface area contributed by atoms with Gasteiger partial charge in [0.2, 0.25) is 0 Å². The molecule has 0 unspecified atom stereocenters. The van der Waals surface area contributed by atoms with Crippen molar-refractivity contribution >= 4 is 28.3 Å². The second kappa shape index (κ2) is 6.65. The molecule has 3 aromatic heterocycles. The van der Waals surface area contributed by atoms with Gasteiger partial charge >= 0.3 is 5.84 Å². The van der Waals surface area contributed by atoms with Crippen molar-refractivity contribution in [1.29, 1.82) is 0 Å². The van der Waals surface area contributed by atoms with E-state index in [0.717, 1.165) is 27.9 Å². The van der Waals surface area contributed by atoms with Crippen molar-refractivity contribution in [1.82, 2.24) is 19.6 Å². The molecule has 138 valence electrons. The van der Waals surface area contributed by atoms with Crippen LogP contribution in [0, 0.1) is 6.92 Å². The summed E-state index contributed by atoms with van der Waals surface area (Å²) in [6.07, 6.45) is 1.77. The molecule has 5 aromatic rings. The molecule has 5 rings (SSSR count). The number of benzene rings is 2. The number of hydrogen-bond donors (Lipinski definition) is 0. The minimum absolute atomic E-state index is 0.282. The SMILES string of the molecule is Cc1c(COc2ccc3ncccc3c2)oc2nc(-c3ccccc3Cl)nn12. The number of hydrogen-bond acceptors (Lipinski definition) is 5. The maximum Gasteiger partial charge on any atom is 0.325 e. The Bertz CT molecular complexity index is 1310. The molecule has 0 bridgehead atoms. The number of rotatable bonds is 4. The smallest absolute Gasteiger partial charge is 0.325 e. The summed E-state index contributed by atoms with van der Waals surface area (Å²) in [6, 6.07) is 17.2. The summed E-state index contributed by atoms with van der Waals surface area (Å²) in [5.41, 5.74) is 2.53. The van der Waals surface area contributed by atoms with E-state index in [0.29, 0.717) is 22.5 Å². The highest BCUT2D eigenvalue weighted by atomic mass is 35.5. The number of halogens is 1. The van der Waals surface area contributed by atoms with Crippen LogP contribution < -0.4 is 4.74 Å². The average Bonchev–Trinajstić information content (AvgIpc) is 3.26. The first-order valence-electron chi connectivity index (χ1n) is 8.76. The molecule has 7 heteroatoms. The Morgan fingerprint density at radius 3 is 2.86 bits per heavy atom. The Morgan fingerprint density at radius 1 is 1.11 bits per heavy atom. The number of fused-ring (bicyclic) bond motifs is 2. The zero-order chi connectivity index (χ0) is 19.1. The summed E-state index contributed by atoms with van der Waals surface area (Å²) < 4.78 is 13.4. The molecule has 0 N–H and O–H groups in total. The van der Waals surface area contributed by atoms with Crippen LogP contribution in [0.2, 0.25) is 5.02 Å². The van der Waals surface area contributed by atoms with Gasteiger partial charge in [0.05, 0.1) is 16.2 Å². The van der Waals surface area contributed by atoms with Gasteiger partial charge < -0.3 is 9.15 Å². The van der Waals surface area contributed by atoms with Crippen LogP contribution >= 0.6 is 11.6 Å². The number of ether oxygens (including phenoxy) is 1. The molecule has 28 heavy (non-hydrogen) atoms. The summed E-state index contributed by atoms with van der Waals surface area (Å²) in [6.45, 7) is 2.20. The lowest BCUT2D eigenvalue weighted by Gasteiger charge is -2.06. The van der Waals surface area contributed by atoms with Crippen LogP contribution in [0.15, 0.2) is 65.2 Å². The van der Waals surface area contributed by atoms with Crippen molar-refractivity contribution in [3.05, 3.63) is 77.3 Å². The lowest BCUT2D eigenvalue weighted by molar-refractivity contribution is 0.273. The van der Waals surface area contributed by atoms with Crippen LogP contribution in [-0.2, 0) is 6.61 Å². The van der Waals surface area contributed by atoms with Crippen LogP contribution in [0.3, 0.4) is 0 Å². The Morgan fingerprint density at radius 2 is 2.00 bits per heavy atom. The van der Waals surface area contributed by atoms with Crippen LogP contribution in [0.4, 0.5) is 0 Å². The molecule has 0 amide bonds. The maximum atomic E-state index is 6.24.